The van der Waals surface area contributed by atoms with Gasteiger partial charge >= 0.3 is 0 Å². The van der Waals surface area contributed by atoms with E-state index < -0.39 is 0 Å². The molecule has 1 N–H and O–H groups in total. The molecular formula is C8H17ClFN. The van der Waals surface area contributed by atoms with Gasteiger partial charge in [0.25, 0.3) is 0 Å². The lowest BCUT2D eigenvalue weighted by Gasteiger charge is -2.16. The second-order valence-electron chi connectivity index (χ2n) is 3.12. The first-order valence-electron chi connectivity index (χ1n) is 4.06. The van der Waals surface area contributed by atoms with Crippen molar-refractivity contribution in [2.75, 3.05) is 19.1 Å². The molecule has 1 unspecified atom stereocenters. The molecular weight excluding hydrogens is 165 g/mol. The van der Waals surface area contributed by atoms with Crippen LogP contribution in [-0.4, -0.2) is 25.1 Å². The van der Waals surface area contributed by atoms with Gasteiger partial charge in [0.1, 0.15) is 6.67 Å². The first-order valence-corrected chi connectivity index (χ1v) is 4.59. The summed E-state index contributed by atoms with van der Waals surface area (Å²) in [5.41, 5.74) is 0. The first kappa shape index (κ1) is 11.2. The van der Waals surface area contributed by atoms with Crippen molar-refractivity contribution in [3.63, 3.8) is 0 Å². The van der Waals surface area contributed by atoms with Crippen LogP contribution in [0.25, 0.3) is 0 Å². The van der Waals surface area contributed by atoms with Crippen LogP contribution in [0, 0.1) is 5.92 Å². The summed E-state index contributed by atoms with van der Waals surface area (Å²) in [5.74, 6) is 1.18. The zero-order valence-corrected chi connectivity index (χ0v) is 7.99. The zero-order valence-electron chi connectivity index (χ0n) is 7.24. The van der Waals surface area contributed by atoms with Crippen LogP contribution in [0.4, 0.5) is 4.39 Å². The van der Waals surface area contributed by atoms with Crippen molar-refractivity contribution in [2.45, 2.75) is 26.3 Å². The highest BCUT2D eigenvalue weighted by Gasteiger charge is 2.07. The average molecular weight is 182 g/mol. The average Bonchev–Trinajstić information content (AvgIpc) is 1.97. The maximum Gasteiger partial charge on any atom is 0.102 e. The molecule has 11 heavy (non-hydrogen) atoms. The summed E-state index contributed by atoms with van der Waals surface area (Å²) in [6.07, 6.45) is 1.02. The lowest BCUT2D eigenvalue weighted by Crippen LogP contribution is -2.33. The van der Waals surface area contributed by atoms with Crippen molar-refractivity contribution in [3.8, 4) is 0 Å². The van der Waals surface area contributed by atoms with Crippen molar-refractivity contribution in [3.05, 3.63) is 0 Å². The third-order valence-electron chi connectivity index (χ3n) is 1.47. The smallest absolute Gasteiger partial charge is 0.102 e. The minimum absolute atomic E-state index is 0.271. The largest absolute Gasteiger partial charge is 0.310 e. The summed E-state index contributed by atoms with van der Waals surface area (Å²) in [4.78, 5) is 0. The molecule has 1 atom stereocenters. The second kappa shape index (κ2) is 6.86. The molecule has 0 fully saturated rings. The Bertz CT molecular complexity index is 88.2. The van der Waals surface area contributed by atoms with E-state index in [1.54, 1.807) is 0 Å². The summed E-state index contributed by atoms with van der Waals surface area (Å²) in [5, 5.41) is 3.04. The molecule has 0 bridgehead atoms. The van der Waals surface area contributed by atoms with Gasteiger partial charge in [-0.05, 0) is 12.3 Å². The molecule has 0 aromatic carbocycles. The number of rotatable bonds is 6. The van der Waals surface area contributed by atoms with Gasteiger partial charge in [-0.1, -0.05) is 13.8 Å². The molecule has 0 rings (SSSR count). The maximum absolute atomic E-state index is 11.7. The van der Waals surface area contributed by atoms with Crippen LogP contribution in [0.5, 0.6) is 0 Å². The van der Waals surface area contributed by atoms with E-state index in [0.29, 0.717) is 18.3 Å². The Kier molecular flexibility index (Phi) is 6.98. The molecule has 0 spiro atoms. The quantitative estimate of drug-likeness (QED) is 0.620. The molecule has 0 aliphatic rings. The topological polar surface area (TPSA) is 12.0 Å². The van der Waals surface area contributed by atoms with Crippen LogP contribution in [0.3, 0.4) is 0 Å². The molecule has 0 aromatic rings. The van der Waals surface area contributed by atoms with Crippen LogP contribution in [0.2, 0.25) is 0 Å². The Hall–Kier alpha value is 0.180. The molecule has 3 heteroatoms. The van der Waals surface area contributed by atoms with Gasteiger partial charge in [-0.15, -0.1) is 11.6 Å². The molecule has 0 saturated heterocycles. The molecule has 0 aliphatic heterocycles. The Morgan fingerprint density at radius 3 is 2.45 bits per heavy atom. The highest BCUT2D eigenvalue weighted by molar-refractivity contribution is 6.18. The number of hydrogen-bond donors (Lipinski definition) is 1. The van der Waals surface area contributed by atoms with Gasteiger partial charge in [0.2, 0.25) is 0 Å². The standard InChI is InChI=1S/C8H17ClFN/c1-7(2)5-8(6-9)11-4-3-10/h7-8,11H,3-6H2,1-2H3. The third kappa shape index (κ3) is 6.57. The monoisotopic (exact) mass is 181 g/mol. The van der Waals surface area contributed by atoms with Gasteiger partial charge in [0.05, 0.1) is 0 Å². The van der Waals surface area contributed by atoms with E-state index in [2.05, 4.69) is 19.2 Å². The van der Waals surface area contributed by atoms with Crippen LogP contribution in [0.1, 0.15) is 20.3 Å². The van der Waals surface area contributed by atoms with Gasteiger partial charge in [-0.25, -0.2) is 4.39 Å². The molecule has 0 saturated carbocycles. The highest BCUT2D eigenvalue weighted by Crippen LogP contribution is 2.05. The summed E-state index contributed by atoms with van der Waals surface area (Å²) in [6, 6.07) is 0.271. The van der Waals surface area contributed by atoms with Crippen LogP contribution < -0.4 is 5.32 Å². The van der Waals surface area contributed by atoms with Crippen molar-refractivity contribution in [1.82, 2.24) is 5.32 Å². The van der Waals surface area contributed by atoms with Gasteiger partial charge in [0, 0.05) is 18.5 Å². The van der Waals surface area contributed by atoms with E-state index in [9.17, 15) is 4.39 Å². The predicted octanol–water partition coefficient (Wildman–Crippen LogP) is 2.20. The molecule has 0 radical (unpaired) electrons. The third-order valence-corrected chi connectivity index (χ3v) is 1.84. The van der Waals surface area contributed by atoms with E-state index in [-0.39, 0.29) is 12.7 Å². The Morgan fingerprint density at radius 2 is 2.09 bits per heavy atom. The summed E-state index contributed by atoms with van der Waals surface area (Å²) < 4.78 is 11.7. The van der Waals surface area contributed by atoms with Crippen LogP contribution >= 0.6 is 11.6 Å². The van der Waals surface area contributed by atoms with E-state index in [4.69, 9.17) is 11.6 Å². The minimum atomic E-state index is -0.314. The fourth-order valence-corrected chi connectivity index (χ4v) is 1.26. The second-order valence-corrected chi connectivity index (χ2v) is 3.43. The van der Waals surface area contributed by atoms with Gasteiger partial charge < -0.3 is 5.32 Å². The summed E-state index contributed by atoms with van der Waals surface area (Å²) in [6.45, 7) is 4.38. The molecule has 0 aromatic heterocycles. The van der Waals surface area contributed by atoms with Crippen LogP contribution in [-0.2, 0) is 0 Å². The fourth-order valence-electron chi connectivity index (χ4n) is 1.03. The van der Waals surface area contributed by atoms with Crippen molar-refractivity contribution >= 4 is 11.6 Å². The molecule has 68 valence electrons. The molecule has 0 aliphatic carbocycles. The molecule has 0 amide bonds. The zero-order chi connectivity index (χ0) is 8.69. The number of alkyl halides is 2. The lowest BCUT2D eigenvalue weighted by molar-refractivity contribution is 0.404. The highest BCUT2D eigenvalue weighted by atomic mass is 35.5. The minimum Gasteiger partial charge on any atom is -0.310 e. The van der Waals surface area contributed by atoms with E-state index in [1.165, 1.54) is 0 Å². The van der Waals surface area contributed by atoms with E-state index in [1.807, 2.05) is 0 Å². The van der Waals surface area contributed by atoms with Crippen molar-refractivity contribution < 1.29 is 4.39 Å². The summed E-state index contributed by atoms with van der Waals surface area (Å²) in [7, 11) is 0. The number of hydrogen-bond acceptors (Lipinski definition) is 1. The van der Waals surface area contributed by atoms with Crippen LogP contribution in [0.15, 0.2) is 0 Å². The first-order chi connectivity index (χ1) is 5.20. The number of halogens is 2. The van der Waals surface area contributed by atoms with Crippen molar-refractivity contribution in [2.24, 2.45) is 5.92 Å². The fraction of sp³-hybridized carbons (Fsp3) is 1.00. The Morgan fingerprint density at radius 1 is 1.45 bits per heavy atom. The predicted molar refractivity (Wildman–Crippen MR) is 47.9 cm³/mol. The number of nitrogens with one attached hydrogen (secondary N) is 1. The van der Waals surface area contributed by atoms with Gasteiger partial charge in [0.15, 0.2) is 0 Å². The Labute approximate surface area is 73.3 Å². The van der Waals surface area contributed by atoms with Gasteiger partial charge in [-0.3, -0.25) is 0 Å². The van der Waals surface area contributed by atoms with E-state index >= 15 is 0 Å². The van der Waals surface area contributed by atoms with Gasteiger partial charge in [-0.2, -0.15) is 0 Å². The molecule has 0 heterocycles. The lowest BCUT2D eigenvalue weighted by atomic mass is 10.1. The maximum atomic E-state index is 11.7. The summed E-state index contributed by atoms with van der Waals surface area (Å²) >= 11 is 5.66. The van der Waals surface area contributed by atoms with E-state index in [0.717, 1.165) is 6.42 Å². The normalized spacial score (nSPS) is 13.9. The Balaban J connectivity index is 3.41. The molecule has 1 nitrogen and oxygen atoms in total. The SMILES string of the molecule is CC(C)CC(CCl)NCCF. The van der Waals surface area contributed by atoms with Crippen molar-refractivity contribution in [1.29, 1.82) is 0 Å².